The van der Waals surface area contributed by atoms with Crippen LogP contribution in [0.15, 0.2) is 0 Å². The Balaban J connectivity index is 6.17. The van der Waals surface area contributed by atoms with E-state index < -0.39 is 133 Å². The molecule has 55 heavy (non-hydrogen) atoms. The second kappa shape index (κ2) is 23.8. The smallest absolute Gasteiger partial charge is 0.326 e. The molecule has 13 N–H and O–H groups in total. The molecule has 0 bridgehead atoms. The first-order valence-corrected chi connectivity index (χ1v) is 17.9. The predicted molar refractivity (Wildman–Crippen MR) is 193 cm³/mol. The first kappa shape index (κ1) is 50.1. The molecular weight excluding hydrogens is 730 g/mol. The zero-order valence-corrected chi connectivity index (χ0v) is 32.5. The van der Waals surface area contributed by atoms with Gasteiger partial charge < -0.3 is 63.2 Å². The lowest BCUT2D eigenvalue weighted by atomic mass is 10.0. The van der Waals surface area contributed by atoms with Crippen molar-refractivity contribution in [3.05, 3.63) is 0 Å². The number of carboxylic acids is 3. The number of carbonyl (C=O) groups excluding carboxylic acids is 6. The topological polar surface area (TPSA) is 353 Å². The lowest BCUT2D eigenvalue weighted by Gasteiger charge is -2.29. The van der Waals surface area contributed by atoms with Gasteiger partial charge in [0.05, 0.1) is 24.7 Å². The number of nitrogens with one attached hydrogen (secondary N) is 6. The Kier molecular flexibility index (Phi) is 21.7. The van der Waals surface area contributed by atoms with E-state index in [9.17, 15) is 63.6 Å². The molecule has 9 atom stereocenters. The van der Waals surface area contributed by atoms with Crippen molar-refractivity contribution in [2.24, 2.45) is 23.5 Å². The largest absolute Gasteiger partial charge is 0.481 e. The van der Waals surface area contributed by atoms with Crippen LogP contribution in [0.3, 0.4) is 0 Å². The summed E-state index contributed by atoms with van der Waals surface area (Å²) < 4.78 is 0. The molecule has 0 heterocycles. The van der Waals surface area contributed by atoms with Gasteiger partial charge in [-0.25, -0.2) is 4.79 Å². The average Bonchev–Trinajstić information content (AvgIpc) is 3.03. The van der Waals surface area contributed by atoms with Crippen LogP contribution in [0.4, 0.5) is 0 Å². The summed E-state index contributed by atoms with van der Waals surface area (Å²) in [7, 11) is 0. The Morgan fingerprint density at radius 1 is 0.491 bits per heavy atom. The van der Waals surface area contributed by atoms with Crippen molar-refractivity contribution < 1.29 is 68.7 Å². The predicted octanol–water partition coefficient (Wildman–Crippen LogP) is -2.84. The Morgan fingerprint density at radius 3 is 1.29 bits per heavy atom. The number of hydrogen-bond acceptors (Lipinski definition) is 12. The monoisotopic (exact) mass is 789 g/mol. The summed E-state index contributed by atoms with van der Waals surface area (Å²) in [5.74, 6) is -11.5. The zero-order valence-electron chi connectivity index (χ0n) is 32.5. The third kappa shape index (κ3) is 18.8. The van der Waals surface area contributed by atoms with Gasteiger partial charge in [-0.2, -0.15) is 0 Å². The fourth-order valence-corrected chi connectivity index (χ4v) is 5.12. The molecule has 0 aromatic heterocycles. The maximum absolute atomic E-state index is 13.5. The van der Waals surface area contributed by atoms with Gasteiger partial charge in [0.15, 0.2) is 0 Å². The minimum atomic E-state index is -1.90. The number of nitrogens with two attached hydrogens (primary N) is 1. The lowest BCUT2D eigenvalue weighted by molar-refractivity contribution is -0.144. The van der Waals surface area contributed by atoms with E-state index in [2.05, 4.69) is 31.9 Å². The second-order valence-electron chi connectivity index (χ2n) is 14.6. The van der Waals surface area contributed by atoms with Crippen LogP contribution in [0.1, 0.15) is 87.5 Å². The van der Waals surface area contributed by atoms with E-state index in [1.54, 1.807) is 13.8 Å². The molecule has 6 amide bonds. The molecule has 0 fully saturated rings. The lowest BCUT2D eigenvalue weighted by Crippen LogP contribution is -2.63. The van der Waals surface area contributed by atoms with Gasteiger partial charge in [-0.15, -0.1) is 0 Å². The van der Waals surface area contributed by atoms with Gasteiger partial charge in [-0.05, 0) is 50.9 Å². The zero-order chi connectivity index (χ0) is 42.9. The van der Waals surface area contributed by atoms with E-state index in [1.165, 1.54) is 20.8 Å². The number of rotatable bonds is 25. The molecule has 0 aliphatic carbocycles. The summed E-state index contributed by atoms with van der Waals surface area (Å²) in [6, 6.07) is -10.8. The van der Waals surface area contributed by atoms with E-state index in [-0.39, 0.29) is 24.7 Å². The van der Waals surface area contributed by atoms with Gasteiger partial charge in [0.1, 0.15) is 36.3 Å². The van der Waals surface area contributed by atoms with Crippen LogP contribution in [0, 0.1) is 17.8 Å². The molecule has 0 aromatic rings. The van der Waals surface area contributed by atoms with Crippen LogP contribution in [-0.2, 0) is 43.2 Å². The van der Waals surface area contributed by atoms with Gasteiger partial charge in [0.25, 0.3) is 0 Å². The summed E-state index contributed by atoms with van der Waals surface area (Å²) in [4.78, 5) is 113. The SMILES string of the molecule is CC(C)C[C@H](NC(=O)[C@@H](NC(=O)[C@@H](N)CC(C)C)[C@@H](C)O)C(=O)N[C@H](C(=O)N[C@@H](CC(=O)O)C(=O)N[C@H](C(=O)N[C@@H](CCC(=O)O)C(=O)O)C(C)C)[C@@H](C)O. The number of aliphatic hydroxyl groups excluding tert-OH is 2. The summed E-state index contributed by atoms with van der Waals surface area (Å²) in [6.07, 6.45) is -4.95. The standard InChI is InChI=1S/C34H59N7O14/c1-14(2)11-19(35)28(48)40-26(17(7)42)32(52)37-21(12-15(3)4)29(49)41-27(18(8)43)33(53)38-22(13-24(46)47)30(50)39-25(16(5)6)31(51)36-20(34(54)55)9-10-23(44)45/h14-22,25-27,42-43H,9-13,35H2,1-8H3,(H,36,51)(H,37,52)(H,38,53)(H,39,50)(H,40,48)(H,41,49)(H,44,45)(H,46,47)(H,54,55)/t17-,18-,19+,20+,21+,22+,25+,26+,27+/m1/s1. The van der Waals surface area contributed by atoms with Crippen molar-refractivity contribution in [1.82, 2.24) is 31.9 Å². The van der Waals surface area contributed by atoms with Crippen molar-refractivity contribution in [2.75, 3.05) is 0 Å². The first-order chi connectivity index (χ1) is 25.3. The number of carboxylic acid groups (broad SMARTS) is 3. The number of aliphatic carboxylic acids is 3. The number of amides is 6. The molecule has 0 aliphatic rings. The molecule has 314 valence electrons. The van der Waals surface area contributed by atoms with E-state index in [4.69, 9.17) is 10.8 Å². The van der Waals surface area contributed by atoms with Gasteiger partial charge in [-0.1, -0.05) is 41.5 Å². The van der Waals surface area contributed by atoms with Crippen LogP contribution < -0.4 is 37.6 Å². The Hall–Kier alpha value is -4.89. The Morgan fingerprint density at radius 2 is 0.891 bits per heavy atom. The minimum Gasteiger partial charge on any atom is -0.481 e. The first-order valence-electron chi connectivity index (χ1n) is 17.9. The molecule has 21 heteroatoms. The van der Waals surface area contributed by atoms with E-state index >= 15 is 0 Å². The molecule has 0 radical (unpaired) electrons. The van der Waals surface area contributed by atoms with Crippen molar-refractivity contribution >= 4 is 53.4 Å². The molecule has 0 saturated heterocycles. The maximum atomic E-state index is 13.5. The molecule has 0 rings (SSSR count). The van der Waals surface area contributed by atoms with E-state index in [1.807, 2.05) is 13.8 Å². The van der Waals surface area contributed by atoms with Gasteiger partial charge >= 0.3 is 17.9 Å². The highest BCUT2D eigenvalue weighted by molar-refractivity contribution is 5.98. The average molecular weight is 790 g/mol. The summed E-state index contributed by atoms with van der Waals surface area (Å²) in [6.45, 7) is 12.4. The molecule has 21 nitrogen and oxygen atoms in total. The van der Waals surface area contributed by atoms with Crippen LogP contribution >= 0.6 is 0 Å². The molecule has 0 aromatic carbocycles. The van der Waals surface area contributed by atoms with Crippen LogP contribution in [0.25, 0.3) is 0 Å². The second-order valence-corrected chi connectivity index (χ2v) is 14.6. The fourth-order valence-electron chi connectivity index (χ4n) is 5.12. The van der Waals surface area contributed by atoms with Gasteiger partial charge in [0, 0.05) is 6.42 Å². The summed E-state index contributed by atoms with van der Waals surface area (Å²) >= 11 is 0. The van der Waals surface area contributed by atoms with E-state index in [0.717, 1.165) is 6.92 Å². The van der Waals surface area contributed by atoms with Gasteiger partial charge in [0.2, 0.25) is 35.4 Å². The third-order valence-electron chi connectivity index (χ3n) is 8.05. The van der Waals surface area contributed by atoms with Crippen molar-refractivity contribution in [2.45, 2.75) is 142 Å². The summed E-state index contributed by atoms with van der Waals surface area (Å²) in [5.41, 5.74) is 5.91. The quantitative estimate of drug-likeness (QED) is 0.0443. The maximum Gasteiger partial charge on any atom is 0.326 e. The number of carbonyl (C=O) groups is 9. The van der Waals surface area contributed by atoms with Crippen molar-refractivity contribution in [3.8, 4) is 0 Å². The molecule has 0 unspecified atom stereocenters. The third-order valence-corrected chi connectivity index (χ3v) is 8.05. The highest BCUT2D eigenvalue weighted by Crippen LogP contribution is 2.10. The molecule has 0 saturated carbocycles. The Labute approximate surface area is 319 Å². The minimum absolute atomic E-state index is 0.0270. The molecule has 0 spiro atoms. The number of hydrogen-bond donors (Lipinski definition) is 12. The molecule has 0 aliphatic heterocycles. The highest BCUT2D eigenvalue weighted by atomic mass is 16.4. The van der Waals surface area contributed by atoms with Crippen molar-refractivity contribution in [3.63, 3.8) is 0 Å². The Bertz CT molecular complexity index is 1370. The van der Waals surface area contributed by atoms with Crippen LogP contribution in [0.2, 0.25) is 0 Å². The van der Waals surface area contributed by atoms with Gasteiger partial charge in [-0.3, -0.25) is 38.4 Å². The van der Waals surface area contributed by atoms with E-state index in [0.29, 0.717) is 0 Å². The van der Waals surface area contributed by atoms with Crippen LogP contribution in [0.5, 0.6) is 0 Å². The van der Waals surface area contributed by atoms with Crippen LogP contribution in [-0.4, -0.2) is 133 Å². The highest BCUT2D eigenvalue weighted by Gasteiger charge is 2.37. The molecular formula is C34H59N7O14. The fraction of sp³-hybridized carbons (Fsp3) is 0.735. The van der Waals surface area contributed by atoms with Crippen molar-refractivity contribution in [1.29, 1.82) is 0 Å². The summed E-state index contributed by atoms with van der Waals surface area (Å²) in [5, 5.41) is 62.2. The normalized spacial score (nSPS) is 16.3. The number of aliphatic hydroxyl groups is 2.